The van der Waals surface area contributed by atoms with Crippen molar-refractivity contribution in [3.8, 4) is 0 Å². The molecular weight excluding hydrogens is 296 g/mol. The van der Waals surface area contributed by atoms with Crippen LogP contribution in [0, 0.1) is 11.8 Å². The number of carbonyl (C=O) groups excluding carboxylic acids is 2. The van der Waals surface area contributed by atoms with Crippen molar-refractivity contribution in [1.82, 2.24) is 0 Å². The first-order valence-corrected chi connectivity index (χ1v) is 8.27. The van der Waals surface area contributed by atoms with Gasteiger partial charge in [-0.3, -0.25) is 18.6 Å². The third kappa shape index (κ3) is 6.87. The Morgan fingerprint density at radius 3 is 1.35 bits per heavy atom. The molecule has 0 bridgehead atoms. The van der Waals surface area contributed by atoms with E-state index >= 15 is 0 Å². The van der Waals surface area contributed by atoms with E-state index in [2.05, 4.69) is 0 Å². The Morgan fingerprint density at radius 2 is 1.13 bits per heavy atom. The fourth-order valence-electron chi connectivity index (χ4n) is 2.83. The number of hydrogen-bond donors (Lipinski definition) is 0. The molecule has 1 aliphatic carbocycles. The highest BCUT2D eigenvalue weighted by Crippen LogP contribution is 2.47. The monoisotopic (exact) mass is 330 g/mol. The van der Waals surface area contributed by atoms with Gasteiger partial charge in [-0.15, -0.1) is 0 Å². The Kier molecular flexibility index (Phi) is 6.21. The average Bonchev–Trinajstić information content (AvgIpc) is 3.02. The zero-order valence-electron chi connectivity index (χ0n) is 16.0. The van der Waals surface area contributed by atoms with E-state index in [0.29, 0.717) is 20.8 Å². The summed E-state index contributed by atoms with van der Waals surface area (Å²) in [5.41, 5.74) is 0. The second kappa shape index (κ2) is 7.18. The molecule has 0 heterocycles. The van der Waals surface area contributed by atoms with Crippen LogP contribution < -0.4 is 0 Å². The maximum absolute atomic E-state index is 11.3. The molecule has 0 aliphatic heterocycles. The highest BCUT2D eigenvalue weighted by atomic mass is 16.6. The summed E-state index contributed by atoms with van der Waals surface area (Å²) in [5, 5.41) is 0. The molecule has 1 aliphatic rings. The van der Waals surface area contributed by atoms with Gasteiger partial charge in [-0.1, -0.05) is 0 Å². The lowest BCUT2D eigenvalue weighted by Crippen LogP contribution is -2.48. The summed E-state index contributed by atoms with van der Waals surface area (Å²) in [6, 6.07) is 0. The van der Waals surface area contributed by atoms with E-state index in [9.17, 15) is 9.59 Å². The van der Waals surface area contributed by atoms with Gasteiger partial charge < -0.3 is 9.47 Å². The molecule has 1 fully saturated rings. The number of ether oxygens (including phenoxy) is 2. The van der Waals surface area contributed by atoms with Gasteiger partial charge in [0.2, 0.25) is 12.5 Å². The smallest absolute Gasteiger partial charge is 0.307 e. The van der Waals surface area contributed by atoms with Crippen LogP contribution in [0.5, 0.6) is 0 Å². The van der Waals surface area contributed by atoms with Gasteiger partial charge in [-0.25, -0.2) is 0 Å². The fraction of sp³-hybridized carbons (Fsp3) is 0.882. The molecule has 1 saturated carbocycles. The van der Waals surface area contributed by atoms with E-state index in [1.54, 1.807) is 0 Å². The molecule has 2 unspecified atom stereocenters. The van der Waals surface area contributed by atoms with Crippen LogP contribution in [0.2, 0.25) is 0 Å². The third-order valence-corrected chi connectivity index (χ3v) is 4.41. The second-order valence-corrected chi connectivity index (χ2v) is 8.59. The molecule has 0 aromatic rings. The highest BCUT2D eigenvalue weighted by molar-refractivity contribution is 5.66. The molecule has 6 heteroatoms. The average molecular weight is 330 g/mol. The summed E-state index contributed by atoms with van der Waals surface area (Å²) in [5.74, 6) is 0.594. The van der Waals surface area contributed by atoms with Crippen molar-refractivity contribution in [2.24, 2.45) is 11.8 Å². The van der Waals surface area contributed by atoms with E-state index in [4.69, 9.17) is 9.47 Å². The Morgan fingerprint density at radius 1 is 0.826 bits per heavy atom. The van der Waals surface area contributed by atoms with Crippen molar-refractivity contribution < 1.29 is 28.0 Å². The van der Waals surface area contributed by atoms with Crippen LogP contribution in [0.4, 0.5) is 0 Å². The van der Waals surface area contributed by atoms with E-state index in [1.807, 2.05) is 42.3 Å². The largest absolute Gasteiger partial charge is 0.413 e. The van der Waals surface area contributed by atoms with Crippen LogP contribution in [0.3, 0.4) is 0 Å². The molecular formula is C17H34N2O4+2. The van der Waals surface area contributed by atoms with Crippen LogP contribution >= 0.6 is 0 Å². The second-order valence-electron chi connectivity index (χ2n) is 8.59. The molecule has 0 spiro atoms. The predicted molar refractivity (Wildman–Crippen MR) is 88.0 cm³/mol. The maximum Gasteiger partial charge on any atom is 0.307 e. The number of nitrogens with zero attached hydrogens (tertiary/aromatic N) is 2. The number of carbonyl (C=O) groups is 2. The zero-order chi connectivity index (χ0) is 18.0. The number of quaternary nitrogens is 2. The summed E-state index contributed by atoms with van der Waals surface area (Å²) in [6.07, 6.45) is 2.57. The molecule has 0 aromatic carbocycles. The van der Waals surface area contributed by atoms with Crippen LogP contribution in [0.15, 0.2) is 0 Å². The zero-order valence-corrected chi connectivity index (χ0v) is 16.0. The standard InChI is InChI=1S/C17H34N2O4/c1-12(20)22-16(18(3,4)5)10-14-9-15(14)11-17(19(6,7)8)23-13(2)21/h14-17H,9-11H2,1-8H3/q+2/t14-,15-,16?,17?/m1/s1. The van der Waals surface area contributed by atoms with Crippen molar-refractivity contribution in [3.05, 3.63) is 0 Å². The van der Waals surface area contributed by atoms with Crippen LogP contribution in [0.1, 0.15) is 33.1 Å². The summed E-state index contributed by atoms with van der Waals surface area (Å²) < 4.78 is 12.2. The lowest BCUT2D eigenvalue weighted by molar-refractivity contribution is -0.918. The first-order valence-electron chi connectivity index (χ1n) is 8.27. The Hall–Kier alpha value is -1.14. The summed E-state index contributed by atoms with van der Waals surface area (Å²) >= 11 is 0. The molecule has 6 nitrogen and oxygen atoms in total. The van der Waals surface area contributed by atoms with Gasteiger partial charge in [0.25, 0.3) is 0 Å². The summed E-state index contributed by atoms with van der Waals surface area (Å²) in [7, 11) is 12.2. The van der Waals surface area contributed by atoms with Gasteiger partial charge >= 0.3 is 11.9 Å². The van der Waals surface area contributed by atoms with Crippen molar-refractivity contribution >= 4 is 11.9 Å². The molecule has 0 amide bonds. The minimum Gasteiger partial charge on any atom is -0.413 e. The van der Waals surface area contributed by atoms with Crippen molar-refractivity contribution in [1.29, 1.82) is 0 Å². The first kappa shape index (κ1) is 19.9. The van der Waals surface area contributed by atoms with Gasteiger partial charge in [-0.2, -0.15) is 0 Å². The topological polar surface area (TPSA) is 52.6 Å². The predicted octanol–water partition coefficient (Wildman–Crippen LogP) is 1.59. The molecule has 0 aromatic heterocycles. The molecule has 0 saturated heterocycles. The maximum atomic E-state index is 11.3. The fourth-order valence-corrected chi connectivity index (χ4v) is 2.83. The van der Waals surface area contributed by atoms with Gasteiger partial charge in [0.1, 0.15) is 0 Å². The molecule has 134 valence electrons. The summed E-state index contributed by atoms with van der Waals surface area (Å²) in [6.45, 7) is 2.92. The van der Waals surface area contributed by atoms with Crippen molar-refractivity contribution in [2.45, 2.75) is 45.6 Å². The normalized spacial score (nSPS) is 23.8. The number of hydrogen-bond acceptors (Lipinski definition) is 4. The molecule has 23 heavy (non-hydrogen) atoms. The van der Waals surface area contributed by atoms with E-state index in [-0.39, 0.29) is 24.4 Å². The van der Waals surface area contributed by atoms with Crippen molar-refractivity contribution in [3.63, 3.8) is 0 Å². The quantitative estimate of drug-likeness (QED) is 0.385. The Bertz CT molecular complexity index is 397. The lowest BCUT2D eigenvalue weighted by atomic mass is 10.1. The van der Waals surface area contributed by atoms with Gasteiger partial charge in [0.05, 0.1) is 42.3 Å². The highest BCUT2D eigenvalue weighted by Gasteiger charge is 2.46. The summed E-state index contributed by atoms with van der Waals surface area (Å²) in [4.78, 5) is 22.6. The van der Waals surface area contributed by atoms with E-state index in [1.165, 1.54) is 13.8 Å². The van der Waals surface area contributed by atoms with Crippen molar-refractivity contribution in [2.75, 3.05) is 42.3 Å². The lowest BCUT2D eigenvalue weighted by Gasteiger charge is -2.34. The van der Waals surface area contributed by atoms with Crippen LogP contribution in [0.25, 0.3) is 0 Å². The minimum atomic E-state index is -0.232. The van der Waals surface area contributed by atoms with Gasteiger partial charge in [0, 0.05) is 26.7 Å². The number of rotatable bonds is 8. The molecule has 0 radical (unpaired) electrons. The van der Waals surface area contributed by atoms with Gasteiger partial charge in [-0.05, 0) is 18.3 Å². The van der Waals surface area contributed by atoms with Crippen LogP contribution in [-0.2, 0) is 19.1 Å². The number of esters is 2. The van der Waals surface area contributed by atoms with Crippen LogP contribution in [-0.4, -0.2) is 75.6 Å². The van der Waals surface area contributed by atoms with E-state index < -0.39 is 0 Å². The SMILES string of the molecule is CC(=O)OC(C[C@H]1C[C@@H]1CC(OC(C)=O)[N+](C)(C)C)[N+](C)(C)C. The molecule has 0 N–H and O–H groups in total. The molecule has 1 rings (SSSR count). The first-order chi connectivity index (χ1) is 10.3. The minimum absolute atomic E-state index is 0.126. The Labute approximate surface area is 140 Å². The third-order valence-electron chi connectivity index (χ3n) is 4.41. The molecule has 4 atom stereocenters. The van der Waals surface area contributed by atoms with E-state index in [0.717, 1.165) is 19.3 Å². The van der Waals surface area contributed by atoms with Gasteiger partial charge in [0.15, 0.2) is 0 Å². The Balaban J connectivity index is 2.60.